The van der Waals surface area contributed by atoms with Crippen LogP contribution in [0.1, 0.15) is 26.9 Å². The van der Waals surface area contributed by atoms with Gasteiger partial charge in [0.05, 0.1) is 11.6 Å². The second-order valence-corrected chi connectivity index (χ2v) is 8.15. The fraction of sp³-hybridized carbons (Fsp3) is 0.211. The molecule has 0 spiro atoms. The maximum atomic E-state index is 12.9. The van der Waals surface area contributed by atoms with Crippen molar-refractivity contribution in [1.82, 2.24) is 4.90 Å². The summed E-state index contributed by atoms with van der Waals surface area (Å²) in [5.74, 6) is 0. The van der Waals surface area contributed by atoms with Crippen molar-refractivity contribution in [1.29, 1.82) is 0 Å². The van der Waals surface area contributed by atoms with Crippen LogP contribution in [0.3, 0.4) is 0 Å². The van der Waals surface area contributed by atoms with Crippen LogP contribution in [0, 0.1) is 0 Å². The van der Waals surface area contributed by atoms with Crippen molar-refractivity contribution in [3.8, 4) is 0 Å². The molecule has 2 amide bonds. The van der Waals surface area contributed by atoms with E-state index in [1.165, 1.54) is 17.0 Å². The summed E-state index contributed by atoms with van der Waals surface area (Å²) in [6.07, 6.45) is -3.62. The first-order valence-electron chi connectivity index (χ1n) is 8.28. The fourth-order valence-electron chi connectivity index (χ4n) is 3.23. The molecule has 4 rings (SSSR count). The van der Waals surface area contributed by atoms with Crippen LogP contribution >= 0.6 is 22.7 Å². The smallest absolute Gasteiger partial charge is 0.312 e. The number of anilines is 1. The van der Waals surface area contributed by atoms with Gasteiger partial charge in [-0.1, -0.05) is 6.07 Å². The lowest BCUT2D eigenvalue weighted by Gasteiger charge is -2.35. The van der Waals surface area contributed by atoms with Crippen molar-refractivity contribution in [2.24, 2.45) is 0 Å². The number of nitrogens with zero attached hydrogens (tertiary/aromatic N) is 1. The summed E-state index contributed by atoms with van der Waals surface area (Å²) in [6, 6.07) is 10.0. The molecule has 0 aliphatic carbocycles. The number of rotatable bonds is 2. The highest BCUT2D eigenvalue weighted by molar-refractivity contribution is 7.10. The van der Waals surface area contributed by atoms with Crippen LogP contribution in [-0.4, -0.2) is 17.5 Å². The van der Waals surface area contributed by atoms with Gasteiger partial charge in [-0.2, -0.15) is 13.2 Å². The first-order valence-corrected chi connectivity index (χ1v) is 10.0. The number of halogens is 3. The monoisotopic (exact) mass is 408 g/mol. The first-order chi connectivity index (χ1) is 12.9. The maximum Gasteiger partial charge on any atom is 0.416 e. The van der Waals surface area contributed by atoms with Crippen LogP contribution in [-0.2, 0) is 12.6 Å². The van der Waals surface area contributed by atoms with Crippen LogP contribution in [0.2, 0.25) is 0 Å². The standard InChI is InChI=1S/C19H15F3N2OS2/c20-19(21,22)12-3-5-13(6-4-12)23-18(25)24-9-7-15-14(8-11-27-15)17(24)16-2-1-10-26-16/h1-6,8,10-11,17H,7,9H2,(H,23,25). The molecular formula is C19H15F3N2OS2. The average molecular weight is 408 g/mol. The Kier molecular flexibility index (Phi) is 4.69. The Bertz CT molecular complexity index is 933. The normalized spacial score (nSPS) is 16.9. The molecule has 2 aromatic heterocycles. The zero-order valence-electron chi connectivity index (χ0n) is 14.0. The minimum Gasteiger partial charge on any atom is -0.312 e. The van der Waals surface area contributed by atoms with E-state index < -0.39 is 11.7 Å². The highest BCUT2D eigenvalue weighted by Crippen LogP contribution is 2.39. The van der Waals surface area contributed by atoms with Crippen LogP contribution in [0.5, 0.6) is 0 Å². The van der Waals surface area contributed by atoms with E-state index in [0.717, 1.165) is 29.0 Å². The number of amides is 2. The number of fused-ring (bicyclic) bond motifs is 1. The van der Waals surface area contributed by atoms with E-state index in [-0.39, 0.29) is 12.1 Å². The van der Waals surface area contributed by atoms with Crippen molar-refractivity contribution < 1.29 is 18.0 Å². The summed E-state index contributed by atoms with van der Waals surface area (Å²) in [4.78, 5) is 17.0. The number of hydrogen-bond donors (Lipinski definition) is 1. The molecule has 0 saturated heterocycles. The van der Waals surface area contributed by atoms with E-state index in [1.807, 2.05) is 29.0 Å². The lowest BCUT2D eigenvalue weighted by molar-refractivity contribution is -0.137. The van der Waals surface area contributed by atoms with E-state index in [9.17, 15) is 18.0 Å². The van der Waals surface area contributed by atoms with Gasteiger partial charge in [-0.05, 0) is 59.1 Å². The molecule has 3 aromatic rings. The van der Waals surface area contributed by atoms with Crippen molar-refractivity contribution in [2.45, 2.75) is 18.6 Å². The summed E-state index contributed by atoms with van der Waals surface area (Å²) in [5, 5.41) is 6.74. The predicted octanol–water partition coefficient (Wildman–Crippen LogP) is 6.01. The van der Waals surface area contributed by atoms with Gasteiger partial charge in [0.2, 0.25) is 0 Å². The average Bonchev–Trinajstić information content (AvgIpc) is 3.32. The van der Waals surface area contributed by atoms with Crippen LogP contribution < -0.4 is 5.32 Å². The van der Waals surface area contributed by atoms with E-state index in [2.05, 4.69) is 5.32 Å². The van der Waals surface area contributed by atoms with Gasteiger partial charge in [0.25, 0.3) is 0 Å². The zero-order chi connectivity index (χ0) is 19.0. The number of benzene rings is 1. The minimum absolute atomic E-state index is 0.172. The van der Waals surface area contributed by atoms with E-state index in [1.54, 1.807) is 27.6 Å². The summed E-state index contributed by atoms with van der Waals surface area (Å²) >= 11 is 3.27. The molecule has 1 aliphatic heterocycles. The van der Waals surface area contributed by atoms with Gasteiger partial charge in [-0.15, -0.1) is 22.7 Å². The van der Waals surface area contributed by atoms with Crippen molar-refractivity contribution in [2.75, 3.05) is 11.9 Å². The van der Waals surface area contributed by atoms with Crippen molar-refractivity contribution in [3.05, 3.63) is 74.1 Å². The van der Waals surface area contributed by atoms with Gasteiger partial charge in [0.1, 0.15) is 0 Å². The molecule has 3 nitrogen and oxygen atoms in total. The molecule has 1 aliphatic rings. The van der Waals surface area contributed by atoms with Gasteiger partial charge >= 0.3 is 12.2 Å². The fourth-order valence-corrected chi connectivity index (χ4v) is 4.98. The molecule has 1 unspecified atom stereocenters. The number of hydrogen-bond acceptors (Lipinski definition) is 3. The Morgan fingerprint density at radius 1 is 1.07 bits per heavy atom. The second kappa shape index (κ2) is 7.01. The largest absolute Gasteiger partial charge is 0.416 e. The molecule has 140 valence electrons. The SMILES string of the molecule is O=C(Nc1ccc(C(F)(F)F)cc1)N1CCc2sccc2C1c1cccs1. The number of carbonyl (C=O) groups is 1. The third-order valence-electron chi connectivity index (χ3n) is 4.50. The van der Waals surface area contributed by atoms with Gasteiger partial charge in [-0.3, -0.25) is 0 Å². The number of nitrogens with one attached hydrogen (secondary N) is 1. The lowest BCUT2D eigenvalue weighted by atomic mass is 9.99. The highest BCUT2D eigenvalue weighted by atomic mass is 32.1. The van der Waals surface area contributed by atoms with Crippen LogP contribution in [0.15, 0.2) is 53.2 Å². The van der Waals surface area contributed by atoms with Crippen LogP contribution in [0.25, 0.3) is 0 Å². The third-order valence-corrected chi connectivity index (χ3v) is 6.42. The molecule has 3 heterocycles. The molecule has 0 fully saturated rings. The third kappa shape index (κ3) is 3.59. The first kappa shape index (κ1) is 18.1. The van der Waals surface area contributed by atoms with E-state index in [0.29, 0.717) is 12.2 Å². The topological polar surface area (TPSA) is 32.3 Å². The number of urea groups is 1. The van der Waals surface area contributed by atoms with E-state index in [4.69, 9.17) is 0 Å². The second-order valence-electron chi connectivity index (χ2n) is 6.17. The minimum atomic E-state index is -4.39. The van der Waals surface area contributed by atoms with Crippen LogP contribution in [0.4, 0.5) is 23.7 Å². The van der Waals surface area contributed by atoms with Crippen molar-refractivity contribution >= 4 is 34.4 Å². The van der Waals surface area contributed by atoms with Gasteiger partial charge in [0.15, 0.2) is 0 Å². The zero-order valence-corrected chi connectivity index (χ0v) is 15.6. The Hall–Kier alpha value is -2.32. The molecular weight excluding hydrogens is 393 g/mol. The number of carbonyl (C=O) groups excluding carboxylic acids is 1. The summed E-state index contributed by atoms with van der Waals surface area (Å²) in [5.41, 5.74) is 0.725. The summed E-state index contributed by atoms with van der Waals surface area (Å²) in [7, 11) is 0. The Balaban J connectivity index is 1.57. The molecule has 8 heteroatoms. The molecule has 1 atom stereocenters. The summed E-state index contributed by atoms with van der Waals surface area (Å²) < 4.78 is 38.1. The molecule has 0 bridgehead atoms. The predicted molar refractivity (Wildman–Crippen MR) is 101 cm³/mol. The Morgan fingerprint density at radius 3 is 2.52 bits per heavy atom. The summed E-state index contributed by atoms with van der Waals surface area (Å²) in [6.45, 7) is 0.558. The van der Waals surface area contributed by atoms with Gasteiger partial charge in [-0.25, -0.2) is 4.79 Å². The maximum absolute atomic E-state index is 12.9. The molecule has 27 heavy (non-hydrogen) atoms. The Morgan fingerprint density at radius 2 is 1.85 bits per heavy atom. The molecule has 0 saturated carbocycles. The lowest BCUT2D eigenvalue weighted by Crippen LogP contribution is -2.42. The Labute approximate surface area is 162 Å². The number of thiophene rings is 2. The van der Waals surface area contributed by atoms with Gasteiger partial charge < -0.3 is 10.2 Å². The molecule has 1 N–H and O–H groups in total. The highest BCUT2D eigenvalue weighted by Gasteiger charge is 2.34. The molecule has 1 aromatic carbocycles. The van der Waals surface area contributed by atoms with Crippen molar-refractivity contribution in [3.63, 3.8) is 0 Å². The van der Waals surface area contributed by atoms with E-state index >= 15 is 0 Å². The van der Waals surface area contributed by atoms with Gasteiger partial charge in [0, 0.05) is 22.0 Å². The quantitative estimate of drug-likeness (QED) is 0.553. The molecule has 0 radical (unpaired) electrons. The number of alkyl halides is 3.